The zero-order valence-electron chi connectivity index (χ0n) is 10.9. The second kappa shape index (κ2) is 5.92. The molecule has 3 N–H and O–H groups in total. The number of ether oxygens (including phenoxy) is 2. The molecule has 0 atom stereocenters. The molecule has 6 heteroatoms. The number of pyridine rings is 1. The summed E-state index contributed by atoms with van der Waals surface area (Å²) < 4.78 is 10.5. The standard InChI is InChI=1S/C14H14N2O4/c1-19-13-4-2-3-9(16-13)8-20-10-5-6-11(14(17)18)12(15)7-10/h2-7H,8,15H2,1H3,(H,17,18). The summed E-state index contributed by atoms with van der Waals surface area (Å²) in [5.74, 6) is -0.0764. The summed E-state index contributed by atoms with van der Waals surface area (Å²) in [5.41, 5.74) is 6.55. The van der Waals surface area contributed by atoms with Crippen LogP contribution >= 0.6 is 0 Å². The van der Waals surface area contributed by atoms with Crippen molar-refractivity contribution in [1.82, 2.24) is 4.98 Å². The molecule has 104 valence electrons. The summed E-state index contributed by atoms with van der Waals surface area (Å²) in [6.45, 7) is 0.239. The van der Waals surface area contributed by atoms with Gasteiger partial charge >= 0.3 is 5.97 Å². The number of aromatic nitrogens is 1. The number of hydrogen-bond acceptors (Lipinski definition) is 5. The van der Waals surface area contributed by atoms with Gasteiger partial charge in [-0.3, -0.25) is 0 Å². The van der Waals surface area contributed by atoms with Crippen LogP contribution in [-0.4, -0.2) is 23.2 Å². The Kier molecular flexibility index (Phi) is 4.05. The van der Waals surface area contributed by atoms with Crippen molar-refractivity contribution in [3.05, 3.63) is 47.7 Å². The Balaban J connectivity index is 2.07. The fourth-order valence-electron chi connectivity index (χ4n) is 1.63. The van der Waals surface area contributed by atoms with Crippen LogP contribution in [0.1, 0.15) is 16.1 Å². The number of carboxylic acid groups (broad SMARTS) is 1. The number of hydrogen-bond donors (Lipinski definition) is 2. The summed E-state index contributed by atoms with van der Waals surface area (Å²) in [6.07, 6.45) is 0. The van der Waals surface area contributed by atoms with Crippen molar-refractivity contribution in [2.45, 2.75) is 6.61 Å². The SMILES string of the molecule is COc1cccc(COc2ccc(C(=O)O)c(N)c2)n1. The number of aromatic carboxylic acids is 1. The van der Waals surface area contributed by atoms with E-state index in [1.165, 1.54) is 19.2 Å². The highest BCUT2D eigenvalue weighted by molar-refractivity contribution is 5.93. The molecule has 0 amide bonds. The molecule has 2 aromatic rings. The Bertz CT molecular complexity index is 628. The highest BCUT2D eigenvalue weighted by Gasteiger charge is 2.08. The number of nitrogens with two attached hydrogens (primary N) is 1. The van der Waals surface area contributed by atoms with Crippen LogP contribution in [0.25, 0.3) is 0 Å². The van der Waals surface area contributed by atoms with Crippen LogP contribution in [-0.2, 0) is 6.61 Å². The Morgan fingerprint density at radius 1 is 1.35 bits per heavy atom. The first-order valence-electron chi connectivity index (χ1n) is 5.85. The lowest BCUT2D eigenvalue weighted by molar-refractivity contribution is 0.0698. The molecule has 0 saturated carbocycles. The van der Waals surface area contributed by atoms with Crippen molar-refractivity contribution in [3.8, 4) is 11.6 Å². The molecular formula is C14H14N2O4. The van der Waals surface area contributed by atoms with E-state index < -0.39 is 5.97 Å². The number of nitrogens with zero attached hydrogens (tertiary/aromatic N) is 1. The number of anilines is 1. The van der Waals surface area contributed by atoms with Gasteiger partial charge in [0.15, 0.2) is 0 Å². The second-order valence-electron chi connectivity index (χ2n) is 4.01. The maximum absolute atomic E-state index is 10.8. The van der Waals surface area contributed by atoms with Crippen LogP contribution in [0.2, 0.25) is 0 Å². The van der Waals surface area contributed by atoms with E-state index in [2.05, 4.69) is 4.98 Å². The molecule has 0 radical (unpaired) electrons. The van der Waals surface area contributed by atoms with E-state index in [0.717, 1.165) is 0 Å². The van der Waals surface area contributed by atoms with E-state index in [0.29, 0.717) is 17.3 Å². The molecule has 0 spiro atoms. The molecule has 0 bridgehead atoms. The number of methoxy groups -OCH3 is 1. The van der Waals surface area contributed by atoms with Gasteiger partial charge in [0.2, 0.25) is 5.88 Å². The maximum atomic E-state index is 10.8. The van der Waals surface area contributed by atoms with Gasteiger partial charge in [0.05, 0.1) is 18.4 Å². The fraction of sp³-hybridized carbons (Fsp3) is 0.143. The third-order valence-corrected chi connectivity index (χ3v) is 2.63. The van der Waals surface area contributed by atoms with E-state index in [4.69, 9.17) is 20.3 Å². The van der Waals surface area contributed by atoms with E-state index in [1.54, 1.807) is 18.2 Å². The van der Waals surface area contributed by atoms with E-state index in [9.17, 15) is 4.79 Å². The molecule has 0 aliphatic rings. The second-order valence-corrected chi connectivity index (χ2v) is 4.01. The summed E-state index contributed by atoms with van der Waals surface area (Å²) in [7, 11) is 1.54. The summed E-state index contributed by atoms with van der Waals surface area (Å²) in [4.78, 5) is 15.0. The largest absolute Gasteiger partial charge is 0.487 e. The first-order valence-corrected chi connectivity index (χ1v) is 5.85. The van der Waals surface area contributed by atoms with E-state index in [-0.39, 0.29) is 17.9 Å². The van der Waals surface area contributed by atoms with Gasteiger partial charge in [0, 0.05) is 17.8 Å². The summed E-state index contributed by atoms with van der Waals surface area (Å²) in [6, 6.07) is 9.79. The number of carbonyl (C=O) groups is 1. The highest BCUT2D eigenvalue weighted by Crippen LogP contribution is 2.21. The average molecular weight is 274 g/mol. The molecule has 0 fully saturated rings. The van der Waals surface area contributed by atoms with Gasteiger partial charge in [-0.2, -0.15) is 0 Å². The van der Waals surface area contributed by atoms with Crippen LogP contribution in [0.3, 0.4) is 0 Å². The fourth-order valence-corrected chi connectivity index (χ4v) is 1.63. The minimum atomic E-state index is -1.07. The van der Waals surface area contributed by atoms with Crippen molar-refractivity contribution in [2.24, 2.45) is 0 Å². The normalized spacial score (nSPS) is 10.1. The lowest BCUT2D eigenvalue weighted by atomic mass is 10.2. The minimum absolute atomic E-state index is 0.0526. The molecule has 6 nitrogen and oxygen atoms in total. The minimum Gasteiger partial charge on any atom is -0.487 e. The van der Waals surface area contributed by atoms with Gasteiger partial charge in [-0.15, -0.1) is 0 Å². The Morgan fingerprint density at radius 3 is 2.80 bits per heavy atom. The molecule has 2 rings (SSSR count). The molecule has 1 aromatic heterocycles. The Morgan fingerprint density at radius 2 is 2.15 bits per heavy atom. The van der Waals surface area contributed by atoms with Crippen LogP contribution in [0.15, 0.2) is 36.4 Å². The van der Waals surface area contributed by atoms with Crippen LogP contribution in [0.4, 0.5) is 5.69 Å². The quantitative estimate of drug-likeness (QED) is 0.809. The predicted octanol–water partition coefficient (Wildman–Crippen LogP) is 1.95. The molecule has 0 unspecified atom stereocenters. The smallest absolute Gasteiger partial charge is 0.337 e. The molecule has 1 aromatic carbocycles. The van der Waals surface area contributed by atoms with Crippen molar-refractivity contribution >= 4 is 11.7 Å². The van der Waals surface area contributed by atoms with Crippen molar-refractivity contribution in [1.29, 1.82) is 0 Å². The highest BCUT2D eigenvalue weighted by atomic mass is 16.5. The van der Waals surface area contributed by atoms with Crippen molar-refractivity contribution in [3.63, 3.8) is 0 Å². The van der Waals surface area contributed by atoms with E-state index >= 15 is 0 Å². The monoisotopic (exact) mass is 274 g/mol. The molecular weight excluding hydrogens is 260 g/mol. The zero-order chi connectivity index (χ0) is 14.5. The average Bonchev–Trinajstić information content (AvgIpc) is 2.45. The van der Waals surface area contributed by atoms with Crippen molar-refractivity contribution < 1.29 is 19.4 Å². The lowest BCUT2D eigenvalue weighted by Gasteiger charge is -2.08. The van der Waals surface area contributed by atoms with Gasteiger partial charge in [0.25, 0.3) is 0 Å². The first kappa shape index (κ1) is 13.7. The summed E-state index contributed by atoms with van der Waals surface area (Å²) in [5, 5.41) is 8.88. The lowest BCUT2D eigenvalue weighted by Crippen LogP contribution is -2.04. The summed E-state index contributed by atoms with van der Waals surface area (Å²) >= 11 is 0. The number of carboxylic acids is 1. The van der Waals surface area contributed by atoms with Crippen LogP contribution in [0.5, 0.6) is 11.6 Å². The third-order valence-electron chi connectivity index (χ3n) is 2.63. The van der Waals surface area contributed by atoms with Gasteiger partial charge in [-0.25, -0.2) is 9.78 Å². The number of benzene rings is 1. The van der Waals surface area contributed by atoms with Crippen LogP contribution < -0.4 is 15.2 Å². The number of nitrogen functional groups attached to an aromatic ring is 1. The van der Waals surface area contributed by atoms with Crippen molar-refractivity contribution in [2.75, 3.05) is 12.8 Å². The van der Waals surface area contributed by atoms with Gasteiger partial charge in [0.1, 0.15) is 12.4 Å². The van der Waals surface area contributed by atoms with E-state index in [1.807, 2.05) is 6.07 Å². The number of rotatable bonds is 5. The first-order chi connectivity index (χ1) is 9.60. The molecule has 0 aliphatic heterocycles. The topological polar surface area (TPSA) is 94.7 Å². The third kappa shape index (κ3) is 3.17. The van der Waals surface area contributed by atoms with Crippen LogP contribution in [0, 0.1) is 0 Å². The molecule has 1 heterocycles. The Labute approximate surface area is 115 Å². The maximum Gasteiger partial charge on any atom is 0.337 e. The predicted molar refractivity (Wildman–Crippen MR) is 72.9 cm³/mol. The molecule has 0 saturated heterocycles. The van der Waals surface area contributed by atoms with Gasteiger partial charge < -0.3 is 20.3 Å². The van der Waals surface area contributed by atoms with Gasteiger partial charge in [-0.1, -0.05) is 6.07 Å². The molecule has 20 heavy (non-hydrogen) atoms. The zero-order valence-corrected chi connectivity index (χ0v) is 10.9. The Hall–Kier alpha value is -2.76. The van der Waals surface area contributed by atoms with Gasteiger partial charge in [-0.05, 0) is 18.2 Å². The molecule has 0 aliphatic carbocycles.